The third kappa shape index (κ3) is 4.53. The smallest absolute Gasteiger partial charge is 0.239 e. The van der Waals surface area contributed by atoms with Crippen LogP contribution in [0.2, 0.25) is 0 Å². The fraction of sp³-hybridized carbons (Fsp3) is 0.300. The summed E-state index contributed by atoms with van der Waals surface area (Å²) in [6, 6.07) is 0. The summed E-state index contributed by atoms with van der Waals surface area (Å²) >= 11 is 5.35. The van der Waals surface area contributed by atoms with Crippen LogP contribution in [0.5, 0.6) is 0 Å². The van der Waals surface area contributed by atoms with E-state index in [9.17, 15) is 4.79 Å². The maximum atomic E-state index is 10.9. The van der Waals surface area contributed by atoms with Crippen LogP contribution in [-0.2, 0) is 4.79 Å². The van der Waals surface area contributed by atoms with Crippen LogP contribution in [-0.4, -0.2) is 11.8 Å². The first kappa shape index (κ1) is 12.0. The molecule has 0 aliphatic carbocycles. The van der Waals surface area contributed by atoms with Crippen molar-refractivity contribution in [2.45, 2.75) is 13.8 Å². The van der Waals surface area contributed by atoms with E-state index in [0.717, 1.165) is 5.57 Å². The van der Waals surface area contributed by atoms with Crippen molar-refractivity contribution in [2.75, 3.05) is 5.88 Å². The van der Waals surface area contributed by atoms with E-state index in [4.69, 9.17) is 11.6 Å². The number of allylic oxidation sites excluding steroid dienone is 4. The Balaban J connectivity index is 4.58. The topological polar surface area (TPSA) is 29.1 Å². The van der Waals surface area contributed by atoms with Crippen LogP contribution < -0.4 is 5.32 Å². The van der Waals surface area contributed by atoms with Gasteiger partial charge < -0.3 is 5.32 Å². The highest BCUT2D eigenvalue weighted by atomic mass is 35.5. The maximum absolute atomic E-state index is 10.9. The minimum atomic E-state index is -0.222. The third-order valence-corrected chi connectivity index (χ3v) is 1.68. The van der Waals surface area contributed by atoms with Gasteiger partial charge in [-0.1, -0.05) is 18.7 Å². The zero-order chi connectivity index (χ0) is 10.3. The van der Waals surface area contributed by atoms with E-state index in [0.29, 0.717) is 5.70 Å². The Kier molecular flexibility index (Phi) is 5.98. The summed E-state index contributed by atoms with van der Waals surface area (Å²) in [5.74, 6) is -0.263. The molecule has 0 spiro atoms. The second-order valence-corrected chi connectivity index (χ2v) is 2.75. The minimum Gasteiger partial charge on any atom is -0.325 e. The van der Waals surface area contributed by atoms with Crippen LogP contribution in [0, 0.1) is 0 Å². The number of rotatable bonds is 4. The molecule has 1 amide bonds. The quantitative estimate of drug-likeness (QED) is 0.547. The molecule has 0 aliphatic heterocycles. The summed E-state index contributed by atoms with van der Waals surface area (Å²) < 4.78 is 0. The SMILES string of the molecule is C=C/C(NC(=O)CCl)=C(C)\C=C/C. The minimum absolute atomic E-state index is 0.0412. The van der Waals surface area contributed by atoms with Gasteiger partial charge in [0.15, 0.2) is 0 Å². The molecule has 3 heteroatoms. The Morgan fingerprint density at radius 1 is 1.62 bits per heavy atom. The van der Waals surface area contributed by atoms with Crippen molar-refractivity contribution in [1.29, 1.82) is 0 Å². The molecule has 72 valence electrons. The van der Waals surface area contributed by atoms with Gasteiger partial charge in [0, 0.05) is 5.70 Å². The Morgan fingerprint density at radius 3 is 2.62 bits per heavy atom. The molecule has 0 aliphatic rings. The lowest BCUT2D eigenvalue weighted by molar-refractivity contribution is -0.117. The predicted molar refractivity (Wildman–Crippen MR) is 56.6 cm³/mol. The van der Waals surface area contributed by atoms with Crippen LogP contribution >= 0.6 is 11.6 Å². The van der Waals surface area contributed by atoms with Crippen molar-refractivity contribution in [1.82, 2.24) is 5.32 Å². The molecule has 0 aromatic heterocycles. The summed E-state index contributed by atoms with van der Waals surface area (Å²) in [5.41, 5.74) is 1.65. The van der Waals surface area contributed by atoms with Crippen molar-refractivity contribution in [2.24, 2.45) is 0 Å². The number of nitrogens with one attached hydrogen (secondary N) is 1. The molecule has 0 bridgehead atoms. The normalized spacial score (nSPS) is 12.5. The van der Waals surface area contributed by atoms with E-state index in [2.05, 4.69) is 11.9 Å². The van der Waals surface area contributed by atoms with Crippen LogP contribution in [0.1, 0.15) is 13.8 Å². The molecule has 0 radical (unpaired) electrons. The van der Waals surface area contributed by atoms with Gasteiger partial charge in [-0.15, -0.1) is 11.6 Å². The standard InChI is InChI=1S/C10H14ClNO/c1-4-6-8(3)9(5-2)12-10(13)7-11/h4-6H,2,7H2,1,3H3,(H,12,13)/b6-4-,9-8+. The highest BCUT2D eigenvalue weighted by molar-refractivity contribution is 6.27. The van der Waals surface area contributed by atoms with Crippen molar-refractivity contribution in [3.63, 3.8) is 0 Å². The van der Waals surface area contributed by atoms with Gasteiger partial charge in [-0.2, -0.15) is 0 Å². The van der Waals surface area contributed by atoms with Crippen molar-refractivity contribution < 1.29 is 4.79 Å². The molecule has 0 saturated carbocycles. The van der Waals surface area contributed by atoms with Gasteiger partial charge in [0.05, 0.1) is 0 Å². The van der Waals surface area contributed by atoms with Gasteiger partial charge in [0.2, 0.25) is 5.91 Å². The molecule has 13 heavy (non-hydrogen) atoms. The summed E-state index contributed by atoms with van der Waals surface area (Å²) in [6.07, 6.45) is 5.39. The van der Waals surface area contributed by atoms with Crippen molar-refractivity contribution in [3.8, 4) is 0 Å². The number of halogens is 1. The highest BCUT2D eigenvalue weighted by Crippen LogP contribution is 2.03. The van der Waals surface area contributed by atoms with Gasteiger partial charge in [-0.3, -0.25) is 4.79 Å². The largest absolute Gasteiger partial charge is 0.325 e. The summed E-state index contributed by atoms with van der Waals surface area (Å²) in [6.45, 7) is 7.41. The molecule has 0 unspecified atom stereocenters. The average molecular weight is 200 g/mol. The number of carbonyl (C=O) groups is 1. The van der Waals surface area contributed by atoms with Crippen molar-refractivity contribution in [3.05, 3.63) is 36.1 Å². The van der Waals surface area contributed by atoms with Crippen LogP contribution in [0.3, 0.4) is 0 Å². The van der Waals surface area contributed by atoms with E-state index in [1.807, 2.05) is 26.0 Å². The monoisotopic (exact) mass is 199 g/mol. The number of hydrogen-bond donors (Lipinski definition) is 1. The van der Waals surface area contributed by atoms with Gasteiger partial charge >= 0.3 is 0 Å². The van der Waals surface area contributed by atoms with Gasteiger partial charge in [-0.05, 0) is 25.5 Å². The fourth-order valence-electron chi connectivity index (χ4n) is 0.834. The average Bonchev–Trinajstić information content (AvgIpc) is 2.14. The molecule has 0 saturated heterocycles. The fourth-order valence-corrected chi connectivity index (χ4v) is 0.901. The number of carbonyl (C=O) groups excluding carboxylic acids is 1. The predicted octanol–water partition coefficient (Wildman–Crippen LogP) is 2.38. The molecule has 0 rings (SSSR count). The molecule has 0 fully saturated rings. The first-order valence-electron chi connectivity index (χ1n) is 3.97. The zero-order valence-electron chi connectivity index (χ0n) is 7.93. The first-order chi connectivity index (χ1) is 6.15. The number of amides is 1. The molecule has 1 N–H and O–H groups in total. The number of alkyl halides is 1. The van der Waals surface area contributed by atoms with E-state index in [1.54, 1.807) is 6.08 Å². The first-order valence-corrected chi connectivity index (χ1v) is 4.51. The molecule has 2 nitrogen and oxygen atoms in total. The van der Waals surface area contributed by atoms with Gasteiger partial charge in [0.25, 0.3) is 0 Å². The molecule has 0 aromatic carbocycles. The zero-order valence-corrected chi connectivity index (χ0v) is 8.69. The second kappa shape index (κ2) is 6.49. The summed E-state index contributed by atoms with van der Waals surface area (Å²) in [5, 5.41) is 2.64. The molecule has 0 aromatic rings. The Morgan fingerprint density at radius 2 is 2.23 bits per heavy atom. The molecule has 0 atom stereocenters. The third-order valence-electron chi connectivity index (χ3n) is 1.44. The van der Waals surface area contributed by atoms with E-state index in [-0.39, 0.29) is 11.8 Å². The highest BCUT2D eigenvalue weighted by Gasteiger charge is 2.01. The molecular weight excluding hydrogens is 186 g/mol. The van der Waals surface area contributed by atoms with E-state index in [1.165, 1.54) is 0 Å². The lowest BCUT2D eigenvalue weighted by Gasteiger charge is -2.05. The Hall–Kier alpha value is -1.02. The number of hydrogen-bond acceptors (Lipinski definition) is 1. The Labute approximate surface area is 84.0 Å². The lowest BCUT2D eigenvalue weighted by Crippen LogP contribution is -2.23. The van der Waals surface area contributed by atoms with E-state index < -0.39 is 0 Å². The van der Waals surface area contributed by atoms with Crippen molar-refractivity contribution >= 4 is 17.5 Å². The molecule has 0 heterocycles. The Bertz CT molecular complexity index is 254. The molecular formula is C10H14ClNO. The van der Waals surface area contributed by atoms with Crippen LogP contribution in [0.15, 0.2) is 36.1 Å². The summed E-state index contributed by atoms with van der Waals surface area (Å²) in [7, 11) is 0. The summed E-state index contributed by atoms with van der Waals surface area (Å²) in [4.78, 5) is 10.9. The van der Waals surface area contributed by atoms with Crippen LogP contribution in [0.4, 0.5) is 0 Å². The van der Waals surface area contributed by atoms with Gasteiger partial charge in [-0.25, -0.2) is 0 Å². The van der Waals surface area contributed by atoms with Gasteiger partial charge in [0.1, 0.15) is 5.88 Å². The lowest BCUT2D eigenvalue weighted by atomic mass is 10.2. The van der Waals surface area contributed by atoms with E-state index >= 15 is 0 Å². The second-order valence-electron chi connectivity index (χ2n) is 2.48. The van der Waals surface area contributed by atoms with Crippen LogP contribution in [0.25, 0.3) is 0 Å². The maximum Gasteiger partial charge on any atom is 0.239 e.